The lowest BCUT2D eigenvalue weighted by molar-refractivity contribution is -0.126. The molecule has 0 bridgehead atoms. The number of hydrogen-bond acceptors (Lipinski definition) is 10. The van der Waals surface area contributed by atoms with Gasteiger partial charge >= 0.3 is 6.01 Å². The molecule has 2 aromatic carbocycles. The lowest BCUT2D eigenvalue weighted by Crippen LogP contribution is -2.44. The summed E-state index contributed by atoms with van der Waals surface area (Å²) in [5.74, 6) is -1.26. The van der Waals surface area contributed by atoms with Crippen molar-refractivity contribution in [3.05, 3.63) is 48.1 Å². The first-order valence-electron chi connectivity index (χ1n) is 15.5. The Bertz CT molecular complexity index is 1980. The maximum atomic E-state index is 16.9. The predicted octanol–water partition coefficient (Wildman–Crippen LogP) is 5.21. The second kappa shape index (κ2) is 11.6. The summed E-state index contributed by atoms with van der Waals surface area (Å²) >= 11 is 0.932. The number of rotatable bonds is 7. The van der Waals surface area contributed by atoms with Gasteiger partial charge < -0.3 is 20.3 Å². The summed E-state index contributed by atoms with van der Waals surface area (Å²) < 4.78 is 52.5. The number of nitriles is 1. The fourth-order valence-electron chi connectivity index (χ4n) is 7.74. The van der Waals surface area contributed by atoms with Crippen molar-refractivity contribution in [1.82, 2.24) is 24.8 Å². The standard InChI is InChI=1S/C33H33F3N8O2S/c1-4-24(45)44-11-8-23(17(44)2)42(3)30-21-12-18(14-37)25(20-6-7-22(35)29-28(20)39-31(38)47-29)26(36)27(21)40-32(41-30)46-16-33-9-5-10-43(33)15-19(34)13-33/h4,6-7,12,17,19,23H,1,5,8-11,13,15-16H2,2-3H3,(H2,38,39). The number of carbonyl (C=O) groups is 1. The molecule has 3 fully saturated rings. The zero-order valence-corrected chi connectivity index (χ0v) is 26.8. The Morgan fingerprint density at radius 2 is 2.11 bits per heavy atom. The lowest BCUT2D eigenvalue weighted by atomic mass is 9.95. The van der Waals surface area contributed by atoms with Crippen LogP contribution >= 0.6 is 11.3 Å². The molecule has 47 heavy (non-hydrogen) atoms. The van der Waals surface area contributed by atoms with Crippen molar-refractivity contribution in [2.24, 2.45) is 0 Å². The number of alkyl halides is 1. The second-order valence-corrected chi connectivity index (χ2v) is 13.6. The van der Waals surface area contributed by atoms with Crippen LogP contribution in [0.15, 0.2) is 30.9 Å². The van der Waals surface area contributed by atoms with Gasteiger partial charge in [-0.15, -0.1) is 0 Å². The highest BCUT2D eigenvalue weighted by atomic mass is 32.1. The Morgan fingerprint density at radius 1 is 1.30 bits per heavy atom. The first-order chi connectivity index (χ1) is 22.5. The molecule has 14 heteroatoms. The van der Waals surface area contributed by atoms with E-state index < -0.39 is 23.3 Å². The van der Waals surface area contributed by atoms with Crippen molar-refractivity contribution < 1.29 is 22.7 Å². The molecule has 3 saturated heterocycles. The van der Waals surface area contributed by atoms with E-state index in [2.05, 4.69) is 27.5 Å². The number of nitrogens with two attached hydrogens (primary N) is 1. The Hall–Kier alpha value is -4.48. The highest BCUT2D eigenvalue weighted by molar-refractivity contribution is 7.22. The van der Waals surface area contributed by atoms with E-state index in [4.69, 9.17) is 15.5 Å². The van der Waals surface area contributed by atoms with Crippen molar-refractivity contribution in [2.75, 3.05) is 43.9 Å². The number of amides is 1. The van der Waals surface area contributed by atoms with Crippen LogP contribution in [0.3, 0.4) is 0 Å². The number of aromatic nitrogens is 3. The number of carbonyl (C=O) groups excluding carboxylic acids is 1. The first kappa shape index (κ1) is 31.1. The van der Waals surface area contributed by atoms with Gasteiger partial charge in [0.2, 0.25) is 5.91 Å². The van der Waals surface area contributed by atoms with E-state index in [9.17, 15) is 18.8 Å². The number of thiazole rings is 1. The summed E-state index contributed by atoms with van der Waals surface area (Å²) in [6, 6.07) is 5.65. The third kappa shape index (κ3) is 5.03. The minimum atomic E-state index is -0.958. The number of hydrogen-bond donors (Lipinski definition) is 1. The predicted molar refractivity (Wildman–Crippen MR) is 174 cm³/mol. The van der Waals surface area contributed by atoms with Gasteiger partial charge in [0.25, 0.3) is 0 Å². The van der Waals surface area contributed by atoms with E-state index in [1.165, 1.54) is 24.3 Å². The normalized spacial score (nSPS) is 24.2. The van der Waals surface area contributed by atoms with Crippen molar-refractivity contribution in [2.45, 2.75) is 56.4 Å². The van der Waals surface area contributed by atoms with Gasteiger partial charge in [-0.1, -0.05) is 17.9 Å². The molecule has 2 N–H and O–H groups in total. The molecular formula is C33H33F3N8O2S. The fraction of sp³-hybridized carbons (Fsp3) is 0.424. The highest BCUT2D eigenvalue weighted by Crippen LogP contribution is 2.43. The van der Waals surface area contributed by atoms with Crippen LogP contribution in [0, 0.1) is 23.0 Å². The number of nitrogens with zero attached hydrogens (tertiary/aromatic N) is 7. The molecular weight excluding hydrogens is 629 g/mol. The second-order valence-electron chi connectivity index (χ2n) is 12.6. The van der Waals surface area contributed by atoms with Gasteiger partial charge in [0.1, 0.15) is 29.9 Å². The number of halogens is 3. The third-order valence-corrected chi connectivity index (χ3v) is 10.9. The Morgan fingerprint density at radius 3 is 2.87 bits per heavy atom. The van der Waals surface area contributed by atoms with Gasteiger partial charge in [-0.05, 0) is 57.0 Å². The Balaban J connectivity index is 1.38. The molecule has 3 aliphatic rings. The van der Waals surface area contributed by atoms with E-state index in [1.807, 2.05) is 11.8 Å². The summed E-state index contributed by atoms with van der Waals surface area (Å²) in [6.45, 7) is 7.29. The summed E-state index contributed by atoms with van der Waals surface area (Å²) in [5, 5.41) is 10.6. The average Bonchev–Trinajstić information content (AvgIpc) is 3.81. The topological polar surface area (TPSA) is 124 Å². The minimum Gasteiger partial charge on any atom is -0.461 e. The molecule has 0 radical (unpaired) electrons. The highest BCUT2D eigenvalue weighted by Gasteiger charge is 2.49. The monoisotopic (exact) mass is 662 g/mol. The number of ether oxygens (including phenoxy) is 1. The van der Waals surface area contributed by atoms with Crippen molar-refractivity contribution in [3.63, 3.8) is 0 Å². The quantitative estimate of drug-likeness (QED) is 0.266. The number of fused-ring (bicyclic) bond motifs is 3. The van der Waals surface area contributed by atoms with Gasteiger partial charge in [-0.3, -0.25) is 9.69 Å². The fourth-order valence-corrected chi connectivity index (χ4v) is 8.51. The molecule has 1 amide bonds. The van der Waals surface area contributed by atoms with Crippen LogP contribution in [0.5, 0.6) is 6.01 Å². The molecule has 7 rings (SSSR count). The average molecular weight is 663 g/mol. The molecule has 10 nitrogen and oxygen atoms in total. The van der Waals surface area contributed by atoms with Gasteiger partial charge in [0.05, 0.1) is 33.4 Å². The summed E-state index contributed by atoms with van der Waals surface area (Å²) in [5.41, 5.74) is 5.52. The van der Waals surface area contributed by atoms with E-state index in [0.29, 0.717) is 31.7 Å². The molecule has 4 atom stereocenters. The van der Waals surface area contributed by atoms with Crippen LogP contribution in [0.4, 0.5) is 24.1 Å². The molecule has 0 spiro atoms. The van der Waals surface area contributed by atoms with E-state index in [-0.39, 0.29) is 73.5 Å². The number of likely N-dealkylation sites (tertiary alicyclic amines) is 1. The molecule has 3 aliphatic heterocycles. The van der Waals surface area contributed by atoms with Gasteiger partial charge in [0.15, 0.2) is 10.9 Å². The maximum Gasteiger partial charge on any atom is 0.319 e. The molecule has 4 unspecified atom stereocenters. The van der Waals surface area contributed by atoms with Gasteiger partial charge in [-0.25, -0.2) is 18.2 Å². The van der Waals surface area contributed by atoms with Crippen molar-refractivity contribution in [3.8, 4) is 23.2 Å². The smallest absolute Gasteiger partial charge is 0.319 e. The zero-order valence-electron chi connectivity index (χ0n) is 26.0. The number of benzene rings is 2. The van der Waals surface area contributed by atoms with Crippen LogP contribution in [0.1, 0.15) is 38.2 Å². The summed E-state index contributed by atoms with van der Waals surface area (Å²) in [4.78, 5) is 31.7. The zero-order chi connectivity index (χ0) is 33.2. The van der Waals surface area contributed by atoms with Crippen LogP contribution in [-0.4, -0.2) is 87.7 Å². The number of anilines is 2. The first-order valence-corrected chi connectivity index (χ1v) is 16.3. The molecule has 0 saturated carbocycles. The maximum absolute atomic E-state index is 16.9. The van der Waals surface area contributed by atoms with Crippen LogP contribution in [-0.2, 0) is 4.79 Å². The minimum absolute atomic E-state index is 0.0234. The summed E-state index contributed by atoms with van der Waals surface area (Å²) in [7, 11) is 1.80. The van der Waals surface area contributed by atoms with Crippen LogP contribution in [0.25, 0.3) is 32.2 Å². The molecule has 244 valence electrons. The van der Waals surface area contributed by atoms with E-state index >= 15 is 4.39 Å². The van der Waals surface area contributed by atoms with Crippen LogP contribution in [0.2, 0.25) is 0 Å². The summed E-state index contributed by atoms with van der Waals surface area (Å²) in [6.07, 6.45) is 2.95. The Kier molecular flexibility index (Phi) is 7.71. The number of likely N-dealkylation sites (N-methyl/N-ethyl adjacent to an activating group) is 1. The molecule has 4 aromatic rings. The van der Waals surface area contributed by atoms with E-state index in [0.717, 1.165) is 30.7 Å². The van der Waals surface area contributed by atoms with E-state index in [1.54, 1.807) is 11.9 Å². The van der Waals surface area contributed by atoms with Gasteiger partial charge in [0, 0.05) is 49.1 Å². The largest absolute Gasteiger partial charge is 0.461 e. The Labute approximate surface area is 273 Å². The molecule has 5 heterocycles. The van der Waals surface area contributed by atoms with Crippen molar-refractivity contribution >= 4 is 49.3 Å². The third-order valence-electron chi connectivity index (χ3n) is 10.0. The van der Waals surface area contributed by atoms with Crippen LogP contribution < -0.4 is 15.4 Å². The number of nitrogen functional groups attached to an aromatic ring is 1. The molecule has 0 aliphatic carbocycles. The van der Waals surface area contributed by atoms with Crippen molar-refractivity contribution in [1.29, 1.82) is 5.26 Å². The molecule has 2 aromatic heterocycles. The SMILES string of the molecule is C=CC(=O)N1CCC(N(C)c2nc(OCC34CCCN3CC(F)C4)nc3c(F)c(-c4ccc(F)c5sc(N)nc45)c(C#N)cc23)C1C. The van der Waals surface area contributed by atoms with Gasteiger partial charge in [-0.2, -0.15) is 15.2 Å². The lowest BCUT2D eigenvalue weighted by Gasteiger charge is -2.33.